The van der Waals surface area contributed by atoms with E-state index in [1.807, 2.05) is 25.1 Å². The number of nitrogens with one attached hydrogen (secondary N) is 1. The SMILES string of the molecule is Cc1nc(-c2ccccc2)sc1CN=C(N)NCC(C)C. The number of benzene rings is 1. The molecule has 0 aliphatic heterocycles. The molecule has 112 valence electrons. The van der Waals surface area contributed by atoms with Crippen molar-refractivity contribution in [3.05, 3.63) is 40.9 Å². The first-order valence-corrected chi connectivity index (χ1v) is 7.93. The summed E-state index contributed by atoms with van der Waals surface area (Å²) in [6, 6.07) is 10.2. The van der Waals surface area contributed by atoms with E-state index < -0.39 is 0 Å². The zero-order valence-corrected chi connectivity index (χ0v) is 13.6. The first-order valence-electron chi connectivity index (χ1n) is 7.11. The minimum atomic E-state index is 0.498. The number of hydrogen-bond acceptors (Lipinski definition) is 3. The maximum absolute atomic E-state index is 5.86. The van der Waals surface area contributed by atoms with Gasteiger partial charge >= 0.3 is 0 Å². The normalized spacial score (nSPS) is 11.9. The van der Waals surface area contributed by atoms with Crippen LogP contribution in [0.2, 0.25) is 0 Å². The molecule has 0 amide bonds. The van der Waals surface area contributed by atoms with Gasteiger partial charge in [0.2, 0.25) is 0 Å². The first kappa shape index (κ1) is 15.5. The minimum Gasteiger partial charge on any atom is -0.370 e. The summed E-state index contributed by atoms with van der Waals surface area (Å²) >= 11 is 1.68. The fourth-order valence-electron chi connectivity index (χ4n) is 1.80. The van der Waals surface area contributed by atoms with E-state index in [1.54, 1.807) is 11.3 Å². The Morgan fingerprint density at radius 1 is 1.33 bits per heavy atom. The molecule has 1 aromatic heterocycles. The number of nitrogens with zero attached hydrogens (tertiary/aromatic N) is 2. The molecule has 4 nitrogen and oxygen atoms in total. The van der Waals surface area contributed by atoms with Crippen LogP contribution in [0.25, 0.3) is 10.6 Å². The molecule has 0 unspecified atom stereocenters. The molecular formula is C16H22N4S. The average molecular weight is 302 g/mol. The number of aliphatic imine (C=N–C) groups is 1. The maximum atomic E-state index is 5.86. The Bertz CT molecular complexity index is 602. The Kier molecular flexibility index (Phi) is 5.33. The van der Waals surface area contributed by atoms with Crippen molar-refractivity contribution in [2.24, 2.45) is 16.6 Å². The monoisotopic (exact) mass is 302 g/mol. The zero-order valence-electron chi connectivity index (χ0n) is 12.8. The van der Waals surface area contributed by atoms with E-state index in [2.05, 4.69) is 41.3 Å². The van der Waals surface area contributed by atoms with E-state index in [0.717, 1.165) is 27.7 Å². The number of thiazole rings is 1. The third-order valence-electron chi connectivity index (χ3n) is 3.00. The first-order chi connectivity index (χ1) is 10.1. The van der Waals surface area contributed by atoms with Crippen molar-refractivity contribution in [2.75, 3.05) is 6.54 Å². The van der Waals surface area contributed by atoms with Crippen LogP contribution in [0.1, 0.15) is 24.4 Å². The molecule has 0 aliphatic rings. The van der Waals surface area contributed by atoms with Gasteiger partial charge in [-0.2, -0.15) is 0 Å². The zero-order chi connectivity index (χ0) is 15.2. The van der Waals surface area contributed by atoms with Gasteiger partial charge in [0.1, 0.15) is 5.01 Å². The summed E-state index contributed by atoms with van der Waals surface area (Å²) in [5.41, 5.74) is 8.03. The summed E-state index contributed by atoms with van der Waals surface area (Å²) < 4.78 is 0. The highest BCUT2D eigenvalue weighted by molar-refractivity contribution is 7.15. The molecule has 5 heteroatoms. The van der Waals surface area contributed by atoms with Gasteiger partial charge < -0.3 is 11.1 Å². The number of rotatable bonds is 5. The largest absolute Gasteiger partial charge is 0.370 e. The van der Waals surface area contributed by atoms with E-state index in [0.29, 0.717) is 18.4 Å². The molecule has 0 atom stereocenters. The van der Waals surface area contributed by atoms with E-state index in [4.69, 9.17) is 5.73 Å². The van der Waals surface area contributed by atoms with Crippen molar-refractivity contribution in [3.63, 3.8) is 0 Å². The summed E-state index contributed by atoms with van der Waals surface area (Å²) in [5, 5.41) is 4.16. The van der Waals surface area contributed by atoms with Crippen LogP contribution in [0.3, 0.4) is 0 Å². The van der Waals surface area contributed by atoms with Crippen LogP contribution in [0.15, 0.2) is 35.3 Å². The number of hydrogen-bond donors (Lipinski definition) is 2. The maximum Gasteiger partial charge on any atom is 0.188 e. The highest BCUT2D eigenvalue weighted by Gasteiger charge is 2.08. The lowest BCUT2D eigenvalue weighted by Gasteiger charge is -2.07. The van der Waals surface area contributed by atoms with Crippen LogP contribution >= 0.6 is 11.3 Å². The Morgan fingerprint density at radius 3 is 2.71 bits per heavy atom. The molecule has 0 bridgehead atoms. The second kappa shape index (κ2) is 7.22. The van der Waals surface area contributed by atoms with Crippen molar-refractivity contribution in [1.29, 1.82) is 0 Å². The molecule has 3 N–H and O–H groups in total. The van der Waals surface area contributed by atoms with E-state index in [-0.39, 0.29) is 0 Å². The molecule has 2 aromatic rings. The molecule has 0 saturated heterocycles. The number of guanidine groups is 1. The van der Waals surface area contributed by atoms with Crippen LogP contribution in [0, 0.1) is 12.8 Å². The summed E-state index contributed by atoms with van der Waals surface area (Å²) in [5.74, 6) is 1.05. The molecule has 1 aromatic carbocycles. The van der Waals surface area contributed by atoms with Gasteiger partial charge in [-0.3, -0.25) is 0 Å². The lowest BCUT2D eigenvalue weighted by Crippen LogP contribution is -2.34. The summed E-state index contributed by atoms with van der Waals surface area (Å²) in [7, 11) is 0. The standard InChI is InChI=1S/C16H22N4S/c1-11(2)9-18-16(17)19-10-14-12(3)20-15(21-14)13-7-5-4-6-8-13/h4-8,11H,9-10H2,1-3H3,(H3,17,18,19). The predicted molar refractivity (Wildman–Crippen MR) is 90.5 cm³/mol. The second-order valence-corrected chi connectivity index (χ2v) is 6.45. The summed E-state index contributed by atoms with van der Waals surface area (Å²) in [4.78, 5) is 10.2. The predicted octanol–water partition coefficient (Wildman–Crippen LogP) is 3.18. The Labute approximate surface area is 130 Å². The van der Waals surface area contributed by atoms with Gasteiger partial charge in [-0.25, -0.2) is 9.98 Å². The van der Waals surface area contributed by atoms with Gasteiger partial charge in [0.05, 0.1) is 12.2 Å². The van der Waals surface area contributed by atoms with Crippen LogP contribution in [-0.4, -0.2) is 17.5 Å². The molecule has 0 fully saturated rings. The highest BCUT2D eigenvalue weighted by Crippen LogP contribution is 2.28. The molecule has 0 radical (unpaired) electrons. The highest BCUT2D eigenvalue weighted by atomic mass is 32.1. The third-order valence-corrected chi connectivity index (χ3v) is 4.19. The smallest absolute Gasteiger partial charge is 0.188 e. The van der Waals surface area contributed by atoms with Gasteiger partial charge in [0.15, 0.2) is 5.96 Å². The van der Waals surface area contributed by atoms with E-state index in [9.17, 15) is 0 Å². The van der Waals surface area contributed by atoms with Crippen molar-refractivity contribution in [1.82, 2.24) is 10.3 Å². The van der Waals surface area contributed by atoms with E-state index in [1.165, 1.54) is 0 Å². The number of aryl methyl sites for hydroxylation is 1. The van der Waals surface area contributed by atoms with Crippen molar-refractivity contribution in [3.8, 4) is 10.6 Å². The molecule has 21 heavy (non-hydrogen) atoms. The number of nitrogens with two attached hydrogens (primary N) is 1. The Hall–Kier alpha value is -1.88. The van der Waals surface area contributed by atoms with Crippen LogP contribution in [0.5, 0.6) is 0 Å². The van der Waals surface area contributed by atoms with Crippen LogP contribution in [-0.2, 0) is 6.54 Å². The fraction of sp³-hybridized carbons (Fsp3) is 0.375. The summed E-state index contributed by atoms with van der Waals surface area (Å²) in [6.45, 7) is 7.71. The molecule has 1 heterocycles. The summed E-state index contributed by atoms with van der Waals surface area (Å²) in [6.07, 6.45) is 0. The molecule has 0 aliphatic carbocycles. The van der Waals surface area contributed by atoms with Gasteiger partial charge in [-0.15, -0.1) is 11.3 Å². The lowest BCUT2D eigenvalue weighted by molar-refractivity contribution is 0.622. The molecule has 0 spiro atoms. The quantitative estimate of drug-likeness (QED) is 0.658. The van der Waals surface area contributed by atoms with Crippen molar-refractivity contribution < 1.29 is 0 Å². The van der Waals surface area contributed by atoms with Crippen LogP contribution in [0.4, 0.5) is 0 Å². The molecule has 0 saturated carbocycles. The molecular weight excluding hydrogens is 280 g/mol. The van der Waals surface area contributed by atoms with E-state index >= 15 is 0 Å². The van der Waals surface area contributed by atoms with Crippen LogP contribution < -0.4 is 11.1 Å². The fourth-order valence-corrected chi connectivity index (χ4v) is 2.79. The third kappa shape index (κ3) is 4.56. The van der Waals surface area contributed by atoms with Crippen molar-refractivity contribution in [2.45, 2.75) is 27.3 Å². The Morgan fingerprint density at radius 2 is 2.05 bits per heavy atom. The topological polar surface area (TPSA) is 63.3 Å². The van der Waals surface area contributed by atoms with Gasteiger partial charge in [-0.05, 0) is 12.8 Å². The second-order valence-electron chi connectivity index (χ2n) is 5.37. The average Bonchev–Trinajstić information content (AvgIpc) is 2.85. The minimum absolute atomic E-state index is 0.498. The van der Waals surface area contributed by atoms with Gasteiger partial charge in [0.25, 0.3) is 0 Å². The van der Waals surface area contributed by atoms with Gasteiger partial charge in [0, 0.05) is 17.0 Å². The lowest BCUT2D eigenvalue weighted by atomic mass is 10.2. The van der Waals surface area contributed by atoms with Gasteiger partial charge in [-0.1, -0.05) is 44.2 Å². The molecule has 2 rings (SSSR count). The Balaban J connectivity index is 2.05. The van der Waals surface area contributed by atoms with Crippen molar-refractivity contribution >= 4 is 17.3 Å². The number of aromatic nitrogens is 1.